The average Bonchev–Trinajstić information content (AvgIpc) is 3.18. The predicted molar refractivity (Wildman–Crippen MR) is 92.5 cm³/mol. The molecule has 2 fully saturated rings. The molecule has 5 nitrogen and oxygen atoms in total. The van der Waals surface area contributed by atoms with Crippen LogP contribution in [0.25, 0.3) is 11.2 Å². The Bertz CT molecular complexity index is 671. The molecule has 4 rings (SSSR count). The second kappa shape index (κ2) is 6.21. The molecule has 124 valence electrons. The number of piperidine rings is 1. The highest BCUT2D eigenvalue weighted by atomic mass is 15.2. The molecule has 0 aromatic carbocycles. The first-order valence-corrected chi connectivity index (χ1v) is 9.03. The molecule has 0 spiro atoms. The van der Waals surface area contributed by atoms with Gasteiger partial charge < -0.3 is 9.47 Å². The van der Waals surface area contributed by atoms with E-state index in [1.54, 1.807) is 0 Å². The molecule has 5 heteroatoms. The number of hydrogen-bond acceptors (Lipinski definition) is 4. The van der Waals surface area contributed by atoms with Gasteiger partial charge in [-0.2, -0.15) is 0 Å². The van der Waals surface area contributed by atoms with Gasteiger partial charge in [-0.15, -0.1) is 0 Å². The lowest BCUT2D eigenvalue weighted by Crippen LogP contribution is -2.35. The standard InChI is InChI=1S/C18H27N5/c1-3-22-12-8-14(9-13-22)23-17-15(6-4-10-19-17)20-18(23)16-7-5-11-21(16)2/h4,6,10,14,16H,3,5,7-9,11-13H2,1-2H3. The van der Waals surface area contributed by atoms with E-state index < -0.39 is 0 Å². The molecule has 0 N–H and O–H groups in total. The normalized spacial score (nSPS) is 24.7. The Morgan fingerprint density at radius 3 is 2.70 bits per heavy atom. The van der Waals surface area contributed by atoms with Crippen molar-refractivity contribution in [3.8, 4) is 0 Å². The zero-order chi connectivity index (χ0) is 15.8. The largest absolute Gasteiger partial charge is 0.308 e. The van der Waals surface area contributed by atoms with Gasteiger partial charge in [-0.3, -0.25) is 4.90 Å². The van der Waals surface area contributed by atoms with Crippen LogP contribution in [0, 0.1) is 0 Å². The number of fused-ring (bicyclic) bond motifs is 1. The Morgan fingerprint density at radius 1 is 1.17 bits per heavy atom. The Labute approximate surface area is 138 Å². The molecule has 2 aromatic heterocycles. The molecule has 0 aliphatic carbocycles. The van der Waals surface area contributed by atoms with Crippen molar-refractivity contribution in [1.82, 2.24) is 24.3 Å². The van der Waals surface area contributed by atoms with E-state index in [1.807, 2.05) is 12.3 Å². The summed E-state index contributed by atoms with van der Waals surface area (Å²) >= 11 is 0. The molecule has 4 heterocycles. The fourth-order valence-corrected chi connectivity index (χ4v) is 4.27. The molecule has 0 radical (unpaired) electrons. The topological polar surface area (TPSA) is 37.2 Å². The van der Waals surface area contributed by atoms with Crippen LogP contribution in [0.5, 0.6) is 0 Å². The molecule has 1 atom stereocenters. The first-order valence-electron chi connectivity index (χ1n) is 9.03. The maximum atomic E-state index is 5.00. The minimum Gasteiger partial charge on any atom is -0.308 e. The number of nitrogens with zero attached hydrogens (tertiary/aromatic N) is 5. The monoisotopic (exact) mass is 313 g/mol. The second-order valence-corrected chi connectivity index (χ2v) is 6.99. The third kappa shape index (κ3) is 2.66. The molecule has 2 aromatic rings. The third-order valence-electron chi connectivity index (χ3n) is 5.66. The van der Waals surface area contributed by atoms with Gasteiger partial charge in [0.05, 0.1) is 6.04 Å². The van der Waals surface area contributed by atoms with Crippen LogP contribution in [0.2, 0.25) is 0 Å². The molecular formula is C18H27N5. The van der Waals surface area contributed by atoms with Crippen LogP contribution in [0.3, 0.4) is 0 Å². The van der Waals surface area contributed by atoms with Crippen LogP contribution in [0.15, 0.2) is 18.3 Å². The number of aromatic nitrogens is 3. The predicted octanol–water partition coefficient (Wildman–Crippen LogP) is 2.85. The highest BCUT2D eigenvalue weighted by molar-refractivity contribution is 5.71. The fourth-order valence-electron chi connectivity index (χ4n) is 4.27. The van der Waals surface area contributed by atoms with Crippen LogP contribution < -0.4 is 0 Å². The van der Waals surface area contributed by atoms with Crippen molar-refractivity contribution < 1.29 is 0 Å². The summed E-state index contributed by atoms with van der Waals surface area (Å²) in [5.74, 6) is 1.24. The van der Waals surface area contributed by atoms with Crippen molar-refractivity contribution in [3.63, 3.8) is 0 Å². The van der Waals surface area contributed by atoms with Gasteiger partial charge in [0.15, 0.2) is 5.65 Å². The zero-order valence-corrected chi connectivity index (χ0v) is 14.3. The van der Waals surface area contributed by atoms with E-state index in [-0.39, 0.29) is 0 Å². The van der Waals surface area contributed by atoms with Crippen LogP contribution in [0.1, 0.15) is 50.5 Å². The number of hydrogen-bond donors (Lipinski definition) is 0. The lowest BCUT2D eigenvalue weighted by atomic mass is 10.0. The van der Waals surface area contributed by atoms with Gasteiger partial charge in [-0.1, -0.05) is 6.92 Å². The zero-order valence-electron chi connectivity index (χ0n) is 14.3. The van der Waals surface area contributed by atoms with Crippen molar-refractivity contribution in [3.05, 3.63) is 24.2 Å². The summed E-state index contributed by atoms with van der Waals surface area (Å²) in [7, 11) is 2.23. The molecule has 2 aliphatic rings. The van der Waals surface area contributed by atoms with Crippen molar-refractivity contribution in [1.29, 1.82) is 0 Å². The summed E-state index contributed by atoms with van der Waals surface area (Å²) in [6.45, 7) is 6.97. The lowest BCUT2D eigenvalue weighted by molar-refractivity contribution is 0.189. The highest BCUT2D eigenvalue weighted by Crippen LogP contribution is 2.35. The number of rotatable bonds is 3. The lowest BCUT2D eigenvalue weighted by Gasteiger charge is -2.33. The van der Waals surface area contributed by atoms with Gasteiger partial charge in [0, 0.05) is 25.3 Å². The molecule has 2 aliphatic heterocycles. The molecule has 0 bridgehead atoms. The van der Waals surface area contributed by atoms with Gasteiger partial charge >= 0.3 is 0 Å². The van der Waals surface area contributed by atoms with Crippen molar-refractivity contribution >= 4 is 11.2 Å². The molecule has 23 heavy (non-hydrogen) atoms. The summed E-state index contributed by atoms with van der Waals surface area (Å²) in [5.41, 5.74) is 2.14. The maximum Gasteiger partial charge on any atom is 0.160 e. The van der Waals surface area contributed by atoms with Gasteiger partial charge in [-0.25, -0.2) is 9.97 Å². The first kappa shape index (κ1) is 15.1. The van der Waals surface area contributed by atoms with Gasteiger partial charge in [0.25, 0.3) is 0 Å². The molecule has 1 unspecified atom stereocenters. The first-order chi connectivity index (χ1) is 11.3. The Balaban J connectivity index is 1.74. The smallest absolute Gasteiger partial charge is 0.160 e. The molecule has 2 saturated heterocycles. The Kier molecular flexibility index (Phi) is 4.07. The number of imidazole rings is 1. The number of pyridine rings is 1. The van der Waals surface area contributed by atoms with E-state index in [0.717, 1.165) is 17.7 Å². The second-order valence-electron chi connectivity index (χ2n) is 6.99. The van der Waals surface area contributed by atoms with Crippen LogP contribution in [-0.2, 0) is 0 Å². The van der Waals surface area contributed by atoms with E-state index in [2.05, 4.69) is 39.4 Å². The van der Waals surface area contributed by atoms with E-state index in [4.69, 9.17) is 4.98 Å². The van der Waals surface area contributed by atoms with Crippen molar-refractivity contribution in [2.75, 3.05) is 33.2 Å². The molecular weight excluding hydrogens is 286 g/mol. The third-order valence-corrected chi connectivity index (χ3v) is 5.66. The fraction of sp³-hybridized carbons (Fsp3) is 0.667. The van der Waals surface area contributed by atoms with Gasteiger partial charge in [0.1, 0.15) is 11.3 Å². The van der Waals surface area contributed by atoms with E-state index in [9.17, 15) is 0 Å². The summed E-state index contributed by atoms with van der Waals surface area (Å²) in [5, 5.41) is 0. The Hall–Kier alpha value is -1.46. The summed E-state index contributed by atoms with van der Waals surface area (Å²) < 4.78 is 2.48. The van der Waals surface area contributed by atoms with Crippen molar-refractivity contribution in [2.24, 2.45) is 0 Å². The molecule has 0 amide bonds. The molecule has 0 saturated carbocycles. The highest BCUT2D eigenvalue weighted by Gasteiger charge is 2.31. The quantitative estimate of drug-likeness (QED) is 0.873. The number of likely N-dealkylation sites (tertiary alicyclic amines) is 2. The van der Waals surface area contributed by atoms with E-state index in [0.29, 0.717) is 12.1 Å². The van der Waals surface area contributed by atoms with Gasteiger partial charge in [-0.05, 0) is 58.0 Å². The SMILES string of the molecule is CCN1CCC(n2c(C3CCCN3C)nc3cccnc32)CC1. The average molecular weight is 313 g/mol. The van der Waals surface area contributed by atoms with Gasteiger partial charge in [0.2, 0.25) is 0 Å². The van der Waals surface area contributed by atoms with Crippen LogP contribution in [-0.4, -0.2) is 57.6 Å². The van der Waals surface area contributed by atoms with Crippen LogP contribution in [0.4, 0.5) is 0 Å². The van der Waals surface area contributed by atoms with Crippen LogP contribution >= 0.6 is 0 Å². The Morgan fingerprint density at radius 2 is 2.00 bits per heavy atom. The summed E-state index contributed by atoms with van der Waals surface area (Å²) in [6.07, 6.45) is 6.81. The van der Waals surface area contributed by atoms with E-state index >= 15 is 0 Å². The minimum absolute atomic E-state index is 0.452. The summed E-state index contributed by atoms with van der Waals surface area (Å²) in [4.78, 5) is 14.7. The van der Waals surface area contributed by atoms with Crippen molar-refractivity contribution in [2.45, 2.75) is 44.7 Å². The summed E-state index contributed by atoms with van der Waals surface area (Å²) in [6, 6.07) is 5.11. The minimum atomic E-state index is 0.452. The maximum absolute atomic E-state index is 5.00. The van der Waals surface area contributed by atoms with E-state index in [1.165, 1.54) is 51.1 Å².